The number of ether oxygens (including phenoxy) is 2. The monoisotopic (exact) mass is 340 g/mol. The lowest BCUT2D eigenvalue weighted by molar-refractivity contribution is -0.113. The number of alkyl halides is 2. The molecule has 0 unspecified atom stereocenters. The largest absolute Gasteiger partial charge is 0.493 e. The van der Waals surface area contributed by atoms with Crippen LogP contribution in [0.25, 0.3) is 0 Å². The van der Waals surface area contributed by atoms with Gasteiger partial charge in [-0.3, -0.25) is 9.78 Å². The summed E-state index contributed by atoms with van der Waals surface area (Å²) in [6.45, 7) is -2.97. The van der Waals surface area contributed by atoms with Crippen molar-refractivity contribution >= 4 is 23.4 Å². The molecule has 0 saturated heterocycles. The van der Waals surface area contributed by atoms with Crippen LogP contribution in [0.5, 0.6) is 11.5 Å². The highest BCUT2D eigenvalue weighted by atomic mass is 32.2. The molecule has 0 saturated carbocycles. The number of anilines is 1. The summed E-state index contributed by atoms with van der Waals surface area (Å²) in [5.41, 5.74) is 0.349. The second-order valence-electron chi connectivity index (χ2n) is 4.26. The Morgan fingerprint density at radius 1 is 1.26 bits per heavy atom. The predicted octanol–water partition coefficient (Wildman–Crippen LogP) is 3.42. The van der Waals surface area contributed by atoms with Crippen LogP contribution in [0.3, 0.4) is 0 Å². The van der Waals surface area contributed by atoms with Gasteiger partial charge in [0.15, 0.2) is 11.5 Å². The minimum absolute atomic E-state index is 0.137. The Morgan fingerprint density at radius 2 is 2.00 bits per heavy atom. The summed E-state index contributed by atoms with van der Waals surface area (Å²) in [4.78, 5) is 16.7. The van der Waals surface area contributed by atoms with E-state index < -0.39 is 6.61 Å². The number of pyridine rings is 1. The summed E-state index contributed by atoms with van der Waals surface area (Å²) < 4.78 is 34.0. The summed E-state index contributed by atoms with van der Waals surface area (Å²) in [5, 5.41) is 2.62. The highest BCUT2D eigenvalue weighted by Gasteiger charge is 2.12. The fraction of sp³-hybridized carbons (Fsp3) is 0.200. The van der Waals surface area contributed by atoms with Gasteiger partial charge in [0.2, 0.25) is 5.91 Å². The normalized spacial score (nSPS) is 10.4. The first-order chi connectivity index (χ1) is 11.1. The van der Waals surface area contributed by atoms with Crippen molar-refractivity contribution in [2.24, 2.45) is 0 Å². The van der Waals surface area contributed by atoms with E-state index in [2.05, 4.69) is 15.0 Å². The molecule has 0 spiro atoms. The molecule has 1 heterocycles. The quantitative estimate of drug-likeness (QED) is 0.783. The molecular weight excluding hydrogens is 326 g/mol. The fourth-order valence-corrected chi connectivity index (χ4v) is 2.41. The van der Waals surface area contributed by atoms with E-state index in [0.717, 1.165) is 4.90 Å². The molecule has 0 bridgehead atoms. The maximum atomic E-state index is 12.4. The molecular formula is C15H14F2N2O3S. The lowest BCUT2D eigenvalue weighted by Gasteiger charge is -2.12. The molecule has 2 aromatic rings. The Labute approximate surface area is 136 Å². The van der Waals surface area contributed by atoms with Crippen molar-refractivity contribution in [3.63, 3.8) is 0 Å². The van der Waals surface area contributed by atoms with Gasteiger partial charge in [0.25, 0.3) is 0 Å². The third-order valence-corrected chi connectivity index (χ3v) is 3.70. The number of halogens is 2. The number of carbonyl (C=O) groups excluding carboxylic acids is 1. The van der Waals surface area contributed by atoms with Crippen LogP contribution in [0.15, 0.2) is 47.6 Å². The average Bonchev–Trinajstić information content (AvgIpc) is 2.54. The summed E-state index contributed by atoms with van der Waals surface area (Å²) in [5.74, 6) is -0.0577. The fourth-order valence-electron chi connectivity index (χ4n) is 1.72. The van der Waals surface area contributed by atoms with Crippen LogP contribution in [0.1, 0.15) is 0 Å². The van der Waals surface area contributed by atoms with E-state index in [0.29, 0.717) is 5.69 Å². The first kappa shape index (κ1) is 17.0. The van der Waals surface area contributed by atoms with Crippen molar-refractivity contribution in [1.29, 1.82) is 0 Å². The molecule has 0 aliphatic rings. The van der Waals surface area contributed by atoms with E-state index in [1.165, 1.54) is 31.0 Å². The molecule has 0 aliphatic heterocycles. The van der Waals surface area contributed by atoms with Crippen molar-refractivity contribution in [1.82, 2.24) is 4.98 Å². The first-order valence-corrected chi connectivity index (χ1v) is 7.52. The minimum atomic E-state index is -2.97. The number of methoxy groups -OCH3 is 1. The Bertz CT molecular complexity index is 656. The van der Waals surface area contributed by atoms with Crippen LogP contribution in [0, 0.1) is 0 Å². The average molecular weight is 340 g/mol. The lowest BCUT2D eigenvalue weighted by atomic mass is 10.2. The van der Waals surface area contributed by atoms with E-state index in [-0.39, 0.29) is 23.2 Å². The molecule has 8 heteroatoms. The van der Waals surface area contributed by atoms with Gasteiger partial charge >= 0.3 is 6.61 Å². The number of aromatic nitrogens is 1. The topological polar surface area (TPSA) is 60.5 Å². The number of nitrogens with one attached hydrogen (secondary N) is 1. The molecule has 1 N–H and O–H groups in total. The Balaban J connectivity index is 1.97. The zero-order valence-electron chi connectivity index (χ0n) is 12.2. The van der Waals surface area contributed by atoms with Gasteiger partial charge in [0.1, 0.15) is 0 Å². The molecule has 1 aromatic heterocycles. The van der Waals surface area contributed by atoms with Crippen LogP contribution in [0.4, 0.5) is 14.5 Å². The number of hydrogen-bond donors (Lipinski definition) is 1. The maximum Gasteiger partial charge on any atom is 0.387 e. The molecule has 0 fully saturated rings. The number of rotatable bonds is 7. The molecule has 0 radical (unpaired) electrons. The van der Waals surface area contributed by atoms with Crippen molar-refractivity contribution in [2.75, 3.05) is 18.2 Å². The molecule has 2 rings (SSSR count). The van der Waals surface area contributed by atoms with E-state index in [1.54, 1.807) is 30.6 Å². The second-order valence-corrected chi connectivity index (χ2v) is 5.31. The zero-order valence-corrected chi connectivity index (χ0v) is 13.0. The van der Waals surface area contributed by atoms with E-state index in [4.69, 9.17) is 4.74 Å². The molecule has 23 heavy (non-hydrogen) atoms. The second kappa shape index (κ2) is 8.33. The summed E-state index contributed by atoms with van der Waals surface area (Å²) in [6.07, 6.45) is 3.27. The van der Waals surface area contributed by atoms with Crippen LogP contribution in [-0.2, 0) is 4.79 Å². The van der Waals surface area contributed by atoms with Gasteiger partial charge in [-0.1, -0.05) is 0 Å². The lowest BCUT2D eigenvalue weighted by Crippen LogP contribution is -2.14. The van der Waals surface area contributed by atoms with Crippen molar-refractivity contribution in [3.8, 4) is 11.5 Å². The van der Waals surface area contributed by atoms with Crippen molar-refractivity contribution in [2.45, 2.75) is 11.5 Å². The number of benzene rings is 1. The Kier molecular flexibility index (Phi) is 6.16. The SMILES string of the molecule is COc1ccc(NC(=O)CSc2ccncc2)cc1OC(F)F. The number of amides is 1. The van der Waals surface area contributed by atoms with Gasteiger partial charge < -0.3 is 14.8 Å². The molecule has 0 aliphatic carbocycles. The van der Waals surface area contributed by atoms with Gasteiger partial charge in [-0.05, 0) is 24.3 Å². The third-order valence-electron chi connectivity index (χ3n) is 2.68. The summed E-state index contributed by atoms with van der Waals surface area (Å²) >= 11 is 1.34. The number of nitrogens with zero attached hydrogens (tertiary/aromatic N) is 1. The van der Waals surface area contributed by atoms with E-state index in [9.17, 15) is 13.6 Å². The zero-order chi connectivity index (χ0) is 16.7. The smallest absolute Gasteiger partial charge is 0.387 e. The summed E-state index contributed by atoms with van der Waals surface area (Å²) in [7, 11) is 1.34. The Morgan fingerprint density at radius 3 is 2.65 bits per heavy atom. The highest BCUT2D eigenvalue weighted by Crippen LogP contribution is 2.31. The predicted molar refractivity (Wildman–Crippen MR) is 83.2 cm³/mol. The standard InChI is InChI=1S/C15H14F2N2O3S/c1-21-12-3-2-10(8-13(12)22-15(16)17)19-14(20)9-23-11-4-6-18-7-5-11/h2-8,15H,9H2,1H3,(H,19,20). The highest BCUT2D eigenvalue weighted by molar-refractivity contribution is 8.00. The van der Waals surface area contributed by atoms with Gasteiger partial charge in [0, 0.05) is 29.0 Å². The number of carbonyl (C=O) groups is 1. The molecule has 1 amide bonds. The van der Waals surface area contributed by atoms with Gasteiger partial charge in [-0.15, -0.1) is 11.8 Å². The third kappa shape index (κ3) is 5.41. The maximum absolute atomic E-state index is 12.4. The van der Waals surface area contributed by atoms with Crippen LogP contribution in [-0.4, -0.2) is 30.4 Å². The van der Waals surface area contributed by atoms with E-state index in [1.807, 2.05) is 0 Å². The van der Waals surface area contributed by atoms with Crippen molar-refractivity contribution < 1.29 is 23.0 Å². The molecule has 0 atom stereocenters. The molecule has 1 aromatic carbocycles. The van der Waals surface area contributed by atoms with E-state index >= 15 is 0 Å². The van der Waals surface area contributed by atoms with Crippen LogP contribution < -0.4 is 14.8 Å². The van der Waals surface area contributed by atoms with Gasteiger partial charge in [-0.2, -0.15) is 8.78 Å². The first-order valence-electron chi connectivity index (χ1n) is 6.54. The van der Waals surface area contributed by atoms with Gasteiger partial charge in [-0.25, -0.2) is 0 Å². The van der Waals surface area contributed by atoms with Crippen LogP contribution >= 0.6 is 11.8 Å². The van der Waals surface area contributed by atoms with Gasteiger partial charge in [0.05, 0.1) is 12.9 Å². The molecule has 5 nitrogen and oxygen atoms in total. The van der Waals surface area contributed by atoms with Crippen LogP contribution in [0.2, 0.25) is 0 Å². The Hall–Kier alpha value is -2.35. The molecule has 122 valence electrons. The minimum Gasteiger partial charge on any atom is -0.493 e. The summed E-state index contributed by atoms with van der Waals surface area (Å²) in [6, 6.07) is 7.87. The number of thioether (sulfide) groups is 1. The number of hydrogen-bond acceptors (Lipinski definition) is 5. The van der Waals surface area contributed by atoms with Crippen molar-refractivity contribution in [3.05, 3.63) is 42.7 Å².